The molecule has 1 aliphatic carbocycles. The Kier molecular flexibility index (Phi) is 15.0. The number of carbonyl (C=O) groups excluding carboxylic acids is 4. The first-order valence-electron chi connectivity index (χ1n) is 19.4. The number of nitrogens with one attached hydrogen (secondary N) is 1. The van der Waals surface area contributed by atoms with Crippen molar-refractivity contribution in [1.29, 1.82) is 0 Å². The summed E-state index contributed by atoms with van der Waals surface area (Å²) in [4.78, 5) is 63.0. The van der Waals surface area contributed by atoms with Crippen LogP contribution in [0.2, 0.25) is 0 Å². The predicted molar refractivity (Wildman–Crippen MR) is 216 cm³/mol. The Bertz CT molecular complexity index is 1930. The number of nitrogens with zero attached hydrogens (tertiary/aromatic N) is 3. The average molecular weight is 763 g/mol. The second-order valence-electron chi connectivity index (χ2n) is 14.8. The van der Waals surface area contributed by atoms with Gasteiger partial charge in [-0.2, -0.15) is 0 Å². The van der Waals surface area contributed by atoms with Crippen LogP contribution in [0.1, 0.15) is 67.4 Å². The van der Waals surface area contributed by atoms with Gasteiger partial charge in [-0.05, 0) is 54.7 Å². The van der Waals surface area contributed by atoms with Crippen molar-refractivity contribution >= 4 is 34.8 Å². The van der Waals surface area contributed by atoms with Crippen LogP contribution in [0.3, 0.4) is 0 Å². The first-order valence-corrected chi connectivity index (χ1v) is 19.4. The fourth-order valence-corrected chi connectivity index (χ4v) is 7.35. The van der Waals surface area contributed by atoms with Crippen LogP contribution < -0.4 is 10.1 Å². The van der Waals surface area contributed by atoms with Gasteiger partial charge in [0.05, 0.1) is 17.8 Å². The molecule has 1 N–H and O–H groups in total. The van der Waals surface area contributed by atoms with Gasteiger partial charge >= 0.3 is 12.1 Å². The number of fused-ring (bicyclic) bond motifs is 1. The molecule has 0 bridgehead atoms. The van der Waals surface area contributed by atoms with Crippen molar-refractivity contribution in [2.45, 2.75) is 77.1 Å². The maximum absolute atomic E-state index is 14.6. The van der Waals surface area contributed by atoms with E-state index in [2.05, 4.69) is 16.9 Å². The smallest absolute Gasteiger partial charge is 0.410 e. The lowest BCUT2D eigenvalue weighted by molar-refractivity contribution is -0.145. The zero-order chi connectivity index (χ0) is 40.0. The molecule has 3 amide bonds. The van der Waals surface area contributed by atoms with Crippen LogP contribution in [0.5, 0.6) is 5.75 Å². The second-order valence-corrected chi connectivity index (χ2v) is 14.8. The van der Waals surface area contributed by atoms with Gasteiger partial charge in [0.15, 0.2) is 5.75 Å². The highest BCUT2D eigenvalue weighted by Gasteiger charge is 2.40. The summed E-state index contributed by atoms with van der Waals surface area (Å²) in [5.41, 5.74) is 2.68. The van der Waals surface area contributed by atoms with Crippen LogP contribution >= 0.6 is 0 Å². The van der Waals surface area contributed by atoms with Gasteiger partial charge in [0.2, 0.25) is 11.8 Å². The van der Waals surface area contributed by atoms with Gasteiger partial charge in [0.1, 0.15) is 37.5 Å². The standard InChI is InChI=1S/C45H54N4O7/c1-6-25-54-45(53)48(4)38(26-31(2)3)43(51)49(5)41(34-21-13-14-22-34)42(50)47-35(27-32-17-9-7-10-18-32)30-55-39-28-46-37-24-16-15-23-36(37)40(39)44(52)56-29-33-19-11-8-12-20-33/h6-12,15-20,23-24,28,31,34-35,38,41H,1,13-14,21-22,25-27,29-30H2,2-5H3,(H,47,50)/t35-,38-,41-/m1/s1. The zero-order valence-electron chi connectivity index (χ0n) is 32.9. The molecule has 3 aromatic carbocycles. The number of ether oxygens (including phenoxy) is 3. The Morgan fingerprint density at radius 3 is 2.18 bits per heavy atom. The van der Waals surface area contributed by atoms with Crippen molar-refractivity contribution in [2.75, 3.05) is 27.3 Å². The Morgan fingerprint density at radius 2 is 1.52 bits per heavy atom. The zero-order valence-corrected chi connectivity index (χ0v) is 32.9. The fraction of sp³-hybridized carbons (Fsp3) is 0.400. The molecule has 1 aliphatic rings. The highest BCUT2D eigenvalue weighted by atomic mass is 16.6. The molecular formula is C45H54N4O7. The van der Waals surface area contributed by atoms with E-state index in [9.17, 15) is 19.2 Å². The fourth-order valence-electron chi connectivity index (χ4n) is 7.35. The van der Waals surface area contributed by atoms with Gasteiger partial charge in [-0.3, -0.25) is 19.5 Å². The Balaban J connectivity index is 1.41. The lowest BCUT2D eigenvalue weighted by atomic mass is 9.93. The Labute approximate surface area is 330 Å². The first kappa shape index (κ1) is 41.5. The number of esters is 1. The van der Waals surface area contributed by atoms with E-state index in [1.807, 2.05) is 92.7 Å². The Morgan fingerprint density at radius 1 is 0.875 bits per heavy atom. The lowest BCUT2D eigenvalue weighted by Crippen LogP contribution is -2.58. The van der Waals surface area contributed by atoms with Gasteiger partial charge in [-0.15, -0.1) is 0 Å². The molecule has 0 unspecified atom stereocenters. The van der Waals surface area contributed by atoms with Crippen molar-refractivity contribution in [3.05, 3.63) is 120 Å². The molecule has 3 atom stereocenters. The number of hydrogen-bond donors (Lipinski definition) is 1. The van der Waals surface area contributed by atoms with Crippen molar-refractivity contribution in [3.63, 3.8) is 0 Å². The van der Waals surface area contributed by atoms with E-state index in [-0.39, 0.29) is 54.8 Å². The van der Waals surface area contributed by atoms with Crippen LogP contribution in [0.4, 0.5) is 4.79 Å². The van der Waals surface area contributed by atoms with Gasteiger partial charge in [0.25, 0.3) is 0 Å². The number of para-hydroxylation sites is 1. The molecule has 0 aliphatic heterocycles. The summed E-state index contributed by atoms with van der Waals surface area (Å²) in [5.74, 6) is -0.950. The third kappa shape index (κ3) is 11.0. The van der Waals surface area contributed by atoms with E-state index in [0.717, 1.165) is 36.8 Å². The van der Waals surface area contributed by atoms with Gasteiger partial charge in [-0.25, -0.2) is 9.59 Å². The molecule has 11 nitrogen and oxygen atoms in total. The quantitative estimate of drug-likeness (QED) is 0.0822. The molecule has 1 heterocycles. The summed E-state index contributed by atoms with van der Waals surface area (Å²) >= 11 is 0. The lowest BCUT2D eigenvalue weighted by Gasteiger charge is -2.37. The summed E-state index contributed by atoms with van der Waals surface area (Å²) in [7, 11) is 3.20. The van der Waals surface area contributed by atoms with Gasteiger partial charge in [-0.1, -0.05) is 118 Å². The minimum absolute atomic E-state index is 0.00250. The summed E-state index contributed by atoms with van der Waals surface area (Å²) in [6, 6.07) is 24.3. The number of rotatable bonds is 18. The van der Waals surface area contributed by atoms with E-state index in [4.69, 9.17) is 14.2 Å². The summed E-state index contributed by atoms with van der Waals surface area (Å²) in [6.45, 7) is 7.68. The van der Waals surface area contributed by atoms with E-state index in [1.165, 1.54) is 22.1 Å². The summed E-state index contributed by atoms with van der Waals surface area (Å²) < 4.78 is 17.5. The number of aromatic nitrogens is 1. The van der Waals surface area contributed by atoms with Gasteiger partial charge in [0, 0.05) is 19.5 Å². The van der Waals surface area contributed by atoms with Crippen molar-refractivity contribution < 1.29 is 33.4 Å². The minimum Gasteiger partial charge on any atom is -0.489 e. The second kappa shape index (κ2) is 20.3. The summed E-state index contributed by atoms with van der Waals surface area (Å²) in [5, 5.41) is 3.82. The van der Waals surface area contributed by atoms with Crippen molar-refractivity contribution in [3.8, 4) is 5.75 Å². The molecule has 11 heteroatoms. The number of carbonyl (C=O) groups is 4. The van der Waals surface area contributed by atoms with E-state index < -0.39 is 30.2 Å². The van der Waals surface area contributed by atoms with Crippen LogP contribution in [0.15, 0.2) is 104 Å². The van der Waals surface area contributed by atoms with Crippen LogP contribution in [-0.4, -0.2) is 84.1 Å². The molecule has 1 fully saturated rings. The van der Waals surface area contributed by atoms with E-state index in [1.54, 1.807) is 20.2 Å². The maximum Gasteiger partial charge on any atom is 0.410 e. The van der Waals surface area contributed by atoms with Gasteiger partial charge < -0.3 is 24.4 Å². The molecule has 0 radical (unpaired) electrons. The number of pyridine rings is 1. The normalized spacial score (nSPS) is 14.4. The van der Waals surface area contributed by atoms with Crippen LogP contribution in [-0.2, 0) is 32.1 Å². The highest BCUT2D eigenvalue weighted by molar-refractivity contribution is 6.05. The molecule has 1 saturated carbocycles. The van der Waals surface area contributed by atoms with Crippen molar-refractivity contribution in [1.82, 2.24) is 20.1 Å². The molecular weight excluding hydrogens is 709 g/mol. The largest absolute Gasteiger partial charge is 0.489 e. The van der Waals surface area contributed by atoms with Crippen molar-refractivity contribution in [2.24, 2.45) is 11.8 Å². The number of likely N-dealkylation sites (N-methyl/N-ethyl adjacent to an activating group) is 2. The first-order chi connectivity index (χ1) is 27.1. The molecule has 296 valence electrons. The number of amides is 3. The molecule has 1 aromatic heterocycles. The van der Waals surface area contributed by atoms with Crippen LogP contribution in [0.25, 0.3) is 10.9 Å². The van der Waals surface area contributed by atoms with E-state index >= 15 is 0 Å². The number of benzene rings is 3. The molecule has 0 saturated heterocycles. The molecule has 0 spiro atoms. The topological polar surface area (TPSA) is 127 Å². The average Bonchev–Trinajstić information content (AvgIpc) is 3.74. The molecule has 5 rings (SSSR count). The highest BCUT2D eigenvalue weighted by Crippen LogP contribution is 2.32. The Hall–Kier alpha value is -5.71. The molecule has 4 aromatic rings. The monoisotopic (exact) mass is 762 g/mol. The minimum atomic E-state index is -0.835. The predicted octanol–water partition coefficient (Wildman–Crippen LogP) is 7.38. The third-order valence-electron chi connectivity index (χ3n) is 10.2. The van der Waals surface area contributed by atoms with E-state index in [0.29, 0.717) is 23.7 Å². The number of hydrogen-bond acceptors (Lipinski definition) is 8. The van der Waals surface area contributed by atoms with Crippen LogP contribution in [0, 0.1) is 11.8 Å². The third-order valence-corrected chi connectivity index (χ3v) is 10.2. The maximum atomic E-state index is 14.6. The molecule has 56 heavy (non-hydrogen) atoms. The summed E-state index contributed by atoms with van der Waals surface area (Å²) in [6.07, 6.45) is 6.66. The SMILES string of the molecule is C=CCOC(=O)N(C)[C@H](CC(C)C)C(=O)N(C)[C@@H](C(=O)N[C@@H](COc1cnc2ccccc2c1C(=O)OCc1ccccc1)Cc1ccccc1)C1CCCC1.